The largest absolute Gasteiger partial charge is 0.491 e. The molecule has 2 aromatic rings. The Kier molecular flexibility index (Phi) is 10.9. The van der Waals surface area contributed by atoms with Gasteiger partial charge in [-0.1, -0.05) is 18.4 Å². The fraction of sp³-hybridized carbons (Fsp3) is 0.458. The molecule has 0 aromatic heterocycles. The first-order chi connectivity index (χ1) is 15.8. The summed E-state index contributed by atoms with van der Waals surface area (Å²) in [6.45, 7) is 7.12. The smallest absolute Gasteiger partial charge is 0.358 e. The van der Waals surface area contributed by atoms with Crippen LogP contribution in [0.5, 0.6) is 11.5 Å². The molecule has 0 fully saturated rings. The Morgan fingerprint density at radius 1 is 1.18 bits per heavy atom. The average Bonchev–Trinajstić information content (AvgIpc) is 2.84. The Morgan fingerprint density at radius 3 is 2.30 bits per heavy atom. The molecule has 6 nitrogen and oxygen atoms in total. The summed E-state index contributed by atoms with van der Waals surface area (Å²) in [6, 6.07) is 15.5. The Balaban J connectivity index is 2.06. The fourth-order valence-corrected chi connectivity index (χ4v) is 5.26. The molecule has 0 spiro atoms. The number of benzene rings is 2. The van der Waals surface area contributed by atoms with Crippen LogP contribution in [0, 0.1) is 0 Å². The quantitative estimate of drug-likeness (QED) is 0.191. The van der Waals surface area contributed by atoms with Crippen molar-refractivity contribution in [1.82, 2.24) is 10.1 Å². The summed E-state index contributed by atoms with van der Waals surface area (Å²) >= 11 is 5.88. The van der Waals surface area contributed by atoms with Crippen molar-refractivity contribution in [2.75, 3.05) is 14.1 Å². The monoisotopic (exact) mass is 507 g/mol. The van der Waals surface area contributed by atoms with E-state index in [0.29, 0.717) is 0 Å². The predicted octanol–water partition coefficient (Wildman–Crippen LogP) is 6.44. The van der Waals surface area contributed by atoms with Crippen molar-refractivity contribution >= 4 is 33.3 Å². The van der Waals surface area contributed by atoms with E-state index in [1.165, 1.54) is 0 Å². The number of rotatable bonds is 13. The first kappa shape index (κ1) is 27.3. The van der Waals surface area contributed by atoms with Crippen LogP contribution in [0.3, 0.4) is 0 Å². The molecule has 178 valence electrons. The van der Waals surface area contributed by atoms with Crippen molar-refractivity contribution in [3.63, 3.8) is 0 Å². The number of hydrogen-bond donors (Lipinski definition) is 1. The van der Waals surface area contributed by atoms with Gasteiger partial charge in [0.15, 0.2) is 11.8 Å². The SMILES string of the molecule is CCC(C)Oc1ccc(C=NN(C)[P+](=S)C(C)(CC)Oc2ccc(C(NC)[PH+]=O)cc2)cc1. The van der Waals surface area contributed by atoms with Gasteiger partial charge in [-0.25, -0.2) is 0 Å². The van der Waals surface area contributed by atoms with E-state index in [2.05, 4.69) is 31.2 Å². The van der Waals surface area contributed by atoms with E-state index in [4.69, 9.17) is 21.3 Å². The lowest BCUT2D eigenvalue weighted by molar-refractivity contribution is 0.171. The molecule has 0 bridgehead atoms. The maximum atomic E-state index is 11.3. The topological polar surface area (TPSA) is 63.2 Å². The highest BCUT2D eigenvalue weighted by molar-refractivity contribution is 8.04. The van der Waals surface area contributed by atoms with Gasteiger partial charge >= 0.3 is 15.3 Å². The van der Waals surface area contributed by atoms with Gasteiger partial charge in [0.2, 0.25) is 5.78 Å². The summed E-state index contributed by atoms with van der Waals surface area (Å²) in [6.07, 6.45) is 3.71. The molecule has 33 heavy (non-hydrogen) atoms. The van der Waals surface area contributed by atoms with Gasteiger partial charge in [0.1, 0.15) is 11.5 Å². The Labute approximate surface area is 205 Å². The van der Waals surface area contributed by atoms with Crippen molar-refractivity contribution in [2.24, 2.45) is 5.10 Å². The Morgan fingerprint density at radius 2 is 1.79 bits per heavy atom. The van der Waals surface area contributed by atoms with Gasteiger partial charge in [-0.3, -0.25) is 5.32 Å². The van der Waals surface area contributed by atoms with Crippen molar-refractivity contribution in [1.29, 1.82) is 0 Å². The van der Waals surface area contributed by atoms with E-state index in [1.807, 2.05) is 67.3 Å². The fourth-order valence-electron chi connectivity index (χ4n) is 2.97. The zero-order valence-electron chi connectivity index (χ0n) is 20.2. The second-order valence-electron chi connectivity index (χ2n) is 7.95. The first-order valence-electron chi connectivity index (χ1n) is 11.1. The molecule has 2 aromatic carbocycles. The molecule has 0 aliphatic rings. The van der Waals surface area contributed by atoms with Gasteiger partial charge in [0.25, 0.3) is 5.34 Å². The molecule has 9 heteroatoms. The van der Waals surface area contributed by atoms with Gasteiger partial charge in [-0.05, 0) is 74.5 Å². The van der Waals surface area contributed by atoms with E-state index >= 15 is 0 Å². The number of nitrogens with one attached hydrogen (secondary N) is 1. The standard InChI is InChI=1S/C24H34N3O3P2S/c1-7-18(3)29-21-13-9-19(10-14-21)17-26-27(6)32(33)24(4,8-2)30-22-15-11-20(12-16-22)23(25-5)31-28/h9-18,23,25H,7-8H2,1-6H3/q+1/p+1. The molecule has 0 saturated heterocycles. The maximum Gasteiger partial charge on any atom is 0.358 e. The molecule has 0 heterocycles. The van der Waals surface area contributed by atoms with Gasteiger partial charge in [0.05, 0.1) is 19.4 Å². The summed E-state index contributed by atoms with van der Waals surface area (Å²) in [4.78, 5) is 0. The molecular weight excluding hydrogens is 472 g/mol. The third kappa shape index (κ3) is 7.82. The summed E-state index contributed by atoms with van der Waals surface area (Å²) < 4.78 is 25.3. The summed E-state index contributed by atoms with van der Waals surface area (Å²) in [5.74, 6) is 1.41. The molecule has 0 amide bonds. The molecule has 0 radical (unpaired) electrons. The molecular formula is C24H35N3O3P2S+2. The lowest BCUT2D eigenvalue weighted by Crippen LogP contribution is -2.30. The van der Waals surface area contributed by atoms with Crippen molar-refractivity contribution < 1.29 is 14.0 Å². The molecule has 5 atom stereocenters. The number of nitrogens with zero attached hydrogens (tertiary/aromatic N) is 2. The lowest BCUT2D eigenvalue weighted by Gasteiger charge is -2.23. The highest BCUT2D eigenvalue weighted by Gasteiger charge is 2.45. The van der Waals surface area contributed by atoms with Gasteiger partial charge in [-0.15, -0.1) is 9.88 Å². The Hall–Kier alpha value is -1.91. The molecule has 2 rings (SSSR count). The van der Waals surface area contributed by atoms with Crippen LogP contribution in [0.2, 0.25) is 0 Å². The van der Waals surface area contributed by atoms with E-state index < -0.39 is 20.6 Å². The van der Waals surface area contributed by atoms with Crippen molar-refractivity contribution in [2.45, 2.75) is 57.8 Å². The van der Waals surface area contributed by atoms with Crippen LogP contribution < -0.4 is 14.8 Å². The molecule has 5 unspecified atom stereocenters. The summed E-state index contributed by atoms with van der Waals surface area (Å²) in [5.41, 5.74) is 1.93. The van der Waals surface area contributed by atoms with Gasteiger partial charge < -0.3 is 9.47 Å². The van der Waals surface area contributed by atoms with Crippen LogP contribution >= 0.6 is 15.3 Å². The minimum Gasteiger partial charge on any atom is -0.491 e. The third-order valence-electron chi connectivity index (χ3n) is 5.45. The molecule has 0 aliphatic carbocycles. The van der Waals surface area contributed by atoms with E-state index in [9.17, 15) is 4.57 Å². The Bertz CT molecular complexity index is 941. The number of hydrazone groups is 1. The van der Waals surface area contributed by atoms with Crippen LogP contribution in [0.1, 0.15) is 57.4 Å². The van der Waals surface area contributed by atoms with E-state index in [1.54, 1.807) is 13.3 Å². The van der Waals surface area contributed by atoms with Crippen LogP contribution in [-0.2, 0) is 16.4 Å². The number of hydrogen-bond acceptors (Lipinski definition) is 6. The molecule has 0 saturated carbocycles. The average molecular weight is 508 g/mol. The van der Waals surface area contributed by atoms with Crippen LogP contribution in [0.4, 0.5) is 0 Å². The normalized spacial score (nSPS) is 15.6. The first-order valence-corrected chi connectivity index (χ1v) is 14.4. The van der Waals surface area contributed by atoms with Crippen LogP contribution in [-0.4, -0.2) is 36.5 Å². The zero-order chi connectivity index (χ0) is 24.4. The lowest BCUT2D eigenvalue weighted by atomic mass is 10.2. The second kappa shape index (κ2) is 13.1. The molecule has 1 N–H and O–H groups in total. The highest BCUT2D eigenvalue weighted by Crippen LogP contribution is 2.45. The zero-order valence-corrected chi connectivity index (χ0v) is 23.0. The number of ether oxygens (including phenoxy) is 2. The molecule has 0 aliphatic heterocycles. The minimum absolute atomic E-state index is 0.177. The van der Waals surface area contributed by atoms with Gasteiger partial charge in [0, 0.05) is 18.9 Å². The maximum absolute atomic E-state index is 11.3. The predicted molar refractivity (Wildman–Crippen MR) is 143 cm³/mol. The van der Waals surface area contributed by atoms with Crippen molar-refractivity contribution in [3.8, 4) is 11.5 Å². The van der Waals surface area contributed by atoms with Crippen LogP contribution in [0.25, 0.3) is 0 Å². The highest BCUT2D eigenvalue weighted by atomic mass is 32.4. The second-order valence-corrected chi connectivity index (χ2v) is 11.9. The van der Waals surface area contributed by atoms with Crippen molar-refractivity contribution in [3.05, 3.63) is 59.7 Å². The summed E-state index contributed by atoms with van der Waals surface area (Å²) in [5, 5.41) is 7.06. The summed E-state index contributed by atoms with van der Waals surface area (Å²) in [7, 11) is 3.23. The third-order valence-corrected chi connectivity index (χ3v) is 10.0. The van der Waals surface area contributed by atoms with E-state index in [0.717, 1.165) is 35.5 Å². The van der Waals surface area contributed by atoms with E-state index in [-0.39, 0.29) is 11.9 Å². The van der Waals surface area contributed by atoms with Gasteiger partial charge in [-0.2, -0.15) is 0 Å². The minimum atomic E-state index is -1.14. The van der Waals surface area contributed by atoms with Crippen LogP contribution in [0.15, 0.2) is 53.6 Å².